The minimum Gasteiger partial charge on any atom is -0.352 e. The minimum absolute atomic E-state index is 0.0177. The highest BCUT2D eigenvalue weighted by molar-refractivity contribution is 8.18. The van der Waals surface area contributed by atoms with Crippen molar-refractivity contribution in [3.63, 3.8) is 0 Å². The average Bonchev–Trinajstić information content (AvgIpc) is 3.56. The number of nitrogens with zero attached hydrogens (tertiary/aromatic N) is 2. The molecule has 1 saturated carbocycles. The number of imide groups is 1. The lowest BCUT2D eigenvalue weighted by Gasteiger charge is -2.13. The van der Waals surface area contributed by atoms with Gasteiger partial charge >= 0.3 is 0 Å². The van der Waals surface area contributed by atoms with E-state index in [9.17, 15) is 18.8 Å². The van der Waals surface area contributed by atoms with Gasteiger partial charge in [0.1, 0.15) is 12.4 Å². The van der Waals surface area contributed by atoms with Crippen LogP contribution in [-0.2, 0) is 29.1 Å². The maximum Gasteiger partial charge on any atom is 0.293 e. The molecular weight excluding hydrogens is 477 g/mol. The van der Waals surface area contributed by atoms with Gasteiger partial charge in [0.15, 0.2) is 0 Å². The van der Waals surface area contributed by atoms with Gasteiger partial charge in [0.25, 0.3) is 11.1 Å². The third-order valence-electron chi connectivity index (χ3n) is 6.84. The van der Waals surface area contributed by atoms with Crippen LogP contribution in [0.3, 0.4) is 0 Å². The number of hydrogen-bond acceptors (Lipinski definition) is 4. The first-order valence-electron chi connectivity index (χ1n) is 12.3. The van der Waals surface area contributed by atoms with Crippen LogP contribution < -0.4 is 5.32 Å². The summed E-state index contributed by atoms with van der Waals surface area (Å²) in [5, 5.41) is 3.73. The van der Waals surface area contributed by atoms with Gasteiger partial charge in [-0.25, -0.2) is 4.39 Å². The van der Waals surface area contributed by atoms with Gasteiger partial charge in [-0.3, -0.25) is 19.3 Å². The van der Waals surface area contributed by atoms with Crippen LogP contribution in [0, 0.1) is 5.82 Å². The number of carbonyl (C=O) groups is 3. The SMILES string of the molecule is CCc1cccc2c(/C=C3\SC(=O)N(Cc4ccc(F)cc4)C3=O)cn(CC(=O)NC3CCCC3)c12. The maximum atomic E-state index is 13.2. The third-order valence-corrected chi connectivity index (χ3v) is 7.75. The molecule has 0 atom stereocenters. The molecule has 2 heterocycles. The zero-order valence-corrected chi connectivity index (χ0v) is 20.9. The molecule has 0 bridgehead atoms. The van der Waals surface area contributed by atoms with E-state index in [2.05, 4.69) is 12.2 Å². The number of para-hydroxylation sites is 1. The summed E-state index contributed by atoms with van der Waals surface area (Å²) in [6.07, 6.45) is 8.79. The van der Waals surface area contributed by atoms with Gasteiger partial charge in [-0.2, -0.15) is 0 Å². The Labute approximate surface area is 213 Å². The Balaban J connectivity index is 1.43. The molecule has 3 aromatic rings. The van der Waals surface area contributed by atoms with E-state index in [1.165, 1.54) is 17.0 Å². The summed E-state index contributed by atoms with van der Waals surface area (Å²) in [6, 6.07) is 12.0. The van der Waals surface area contributed by atoms with Crippen molar-refractivity contribution in [1.82, 2.24) is 14.8 Å². The highest BCUT2D eigenvalue weighted by Gasteiger charge is 2.35. The maximum absolute atomic E-state index is 13.2. The number of hydrogen-bond donors (Lipinski definition) is 1. The molecular formula is C28H28FN3O3S. The number of aromatic nitrogens is 1. The third kappa shape index (κ3) is 4.95. The fraction of sp³-hybridized carbons (Fsp3) is 0.321. The van der Waals surface area contributed by atoms with Crippen LogP contribution in [0.4, 0.5) is 9.18 Å². The van der Waals surface area contributed by atoms with Crippen molar-refractivity contribution in [3.8, 4) is 0 Å². The van der Waals surface area contributed by atoms with E-state index < -0.39 is 0 Å². The molecule has 0 radical (unpaired) electrons. The van der Waals surface area contributed by atoms with E-state index in [1.54, 1.807) is 18.2 Å². The van der Waals surface area contributed by atoms with Crippen molar-refractivity contribution in [3.05, 3.63) is 76.1 Å². The molecule has 36 heavy (non-hydrogen) atoms. The molecule has 1 saturated heterocycles. The van der Waals surface area contributed by atoms with Crippen LogP contribution in [0.1, 0.15) is 49.3 Å². The zero-order chi connectivity index (χ0) is 25.2. The summed E-state index contributed by atoms with van der Waals surface area (Å²) < 4.78 is 15.2. The van der Waals surface area contributed by atoms with Gasteiger partial charge in [0, 0.05) is 23.2 Å². The number of thioether (sulfide) groups is 1. The van der Waals surface area contributed by atoms with Gasteiger partial charge in [-0.05, 0) is 60.4 Å². The fourth-order valence-electron chi connectivity index (χ4n) is 5.04. The average molecular weight is 506 g/mol. The lowest BCUT2D eigenvalue weighted by molar-refractivity contribution is -0.123. The van der Waals surface area contributed by atoms with E-state index in [0.717, 1.165) is 65.9 Å². The fourth-order valence-corrected chi connectivity index (χ4v) is 5.87. The minimum atomic E-state index is -0.374. The summed E-state index contributed by atoms with van der Waals surface area (Å²) in [4.78, 5) is 40.1. The van der Waals surface area contributed by atoms with Crippen molar-refractivity contribution >= 4 is 45.8 Å². The first-order valence-corrected chi connectivity index (χ1v) is 13.1. The van der Waals surface area contributed by atoms with Crippen LogP contribution >= 0.6 is 11.8 Å². The number of benzene rings is 2. The largest absolute Gasteiger partial charge is 0.352 e. The van der Waals surface area contributed by atoms with Gasteiger partial charge < -0.3 is 9.88 Å². The van der Waals surface area contributed by atoms with E-state index in [1.807, 2.05) is 29.0 Å². The van der Waals surface area contributed by atoms with Crippen molar-refractivity contribution in [1.29, 1.82) is 0 Å². The monoisotopic (exact) mass is 505 g/mol. The molecule has 186 valence electrons. The summed E-state index contributed by atoms with van der Waals surface area (Å²) >= 11 is 0.898. The Hall–Kier alpha value is -3.39. The highest BCUT2D eigenvalue weighted by Crippen LogP contribution is 2.35. The second-order valence-corrected chi connectivity index (χ2v) is 10.3. The number of amides is 3. The molecule has 2 aliphatic rings. The van der Waals surface area contributed by atoms with E-state index >= 15 is 0 Å². The van der Waals surface area contributed by atoms with E-state index in [-0.39, 0.29) is 42.0 Å². The number of fused-ring (bicyclic) bond motifs is 1. The predicted molar refractivity (Wildman–Crippen MR) is 140 cm³/mol. The standard InChI is InChI=1S/C28H28FN3O3S/c1-2-19-6-5-9-23-20(16-31(26(19)23)17-25(33)30-22-7-3-4-8-22)14-24-27(34)32(28(35)36-24)15-18-10-12-21(29)13-11-18/h5-6,9-14,16,22H,2-4,7-8,15,17H2,1H3,(H,30,33)/b24-14-. The highest BCUT2D eigenvalue weighted by atomic mass is 32.2. The molecule has 8 heteroatoms. The van der Waals surface area contributed by atoms with Crippen molar-refractivity contribution in [2.45, 2.75) is 58.2 Å². The van der Waals surface area contributed by atoms with Crippen LogP contribution in [0.15, 0.2) is 53.6 Å². The molecule has 2 aromatic carbocycles. The lowest BCUT2D eigenvalue weighted by atomic mass is 10.1. The predicted octanol–water partition coefficient (Wildman–Crippen LogP) is 5.64. The Bertz CT molecular complexity index is 1360. The molecule has 2 fully saturated rings. The molecule has 6 nitrogen and oxygen atoms in total. The summed E-state index contributed by atoms with van der Waals surface area (Å²) in [5.74, 6) is -0.760. The number of rotatable bonds is 7. The van der Waals surface area contributed by atoms with Gasteiger partial charge in [-0.1, -0.05) is 50.1 Å². The first kappa shape index (κ1) is 24.3. The first-order chi connectivity index (χ1) is 17.4. The molecule has 1 aliphatic carbocycles. The van der Waals surface area contributed by atoms with Gasteiger partial charge in [0.05, 0.1) is 17.0 Å². The van der Waals surface area contributed by atoms with Crippen molar-refractivity contribution in [2.24, 2.45) is 0 Å². The van der Waals surface area contributed by atoms with Crippen LogP contribution in [0.5, 0.6) is 0 Å². The van der Waals surface area contributed by atoms with Gasteiger partial charge in [0.2, 0.25) is 5.91 Å². The lowest BCUT2D eigenvalue weighted by Crippen LogP contribution is -2.35. The molecule has 1 N–H and O–H groups in total. The topological polar surface area (TPSA) is 71.4 Å². The second-order valence-electron chi connectivity index (χ2n) is 9.32. The van der Waals surface area contributed by atoms with Crippen molar-refractivity contribution < 1.29 is 18.8 Å². The molecule has 5 rings (SSSR count). The Morgan fingerprint density at radius 2 is 1.89 bits per heavy atom. The van der Waals surface area contributed by atoms with Crippen LogP contribution in [0.25, 0.3) is 17.0 Å². The summed E-state index contributed by atoms with van der Waals surface area (Å²) in [6.45, 7) is 2.36. The number of aryl methyl sites for hydroxylation is 1. The number of nitrogens with one attached hydrogen (secondary N) is 1. The van der Waals surface area contributed by atoms with Gasteiger partial charge in [-0.15, -0.1) is 0 Å². The number of carbonyl (C=O) groups excluding carboxylic acids is 3. The van der Waals surface area contributed by atoms with E-state index in [4.69, 9.17) is 0 Å². The molecule has 3 amide bonds. The quantitative estimate of drug-likeness (QED) is 0.422. The second kappa shape index (κ2) is 10.3. The van der Waals surface area contributed by atoms with Crippen molar-refractivity contribution in [2.75, 3.05) is 0 Å². The molecule has 1 aromatic heterocycles. The Kier molecular flexibility index (Phi) is 6.96. The Morgan fingerprint density at radius 1 is 1.14 bits per heavy atom. The summed E-state index contributed by atoms with van der Waals surface area (Å²) in [7, 11) is 0. The normalized spacial score (nSPS) is 17.6. The smallest absolute Gasteiger partial charge is 0.293 e. The number of halogens is 1. The zero-order valence-electron chi connectivity index (χ0n) is 20.1. The molecule has 1 aliphatic heterocycles. The van der Waals surface area contributed by atoms with E-state index in [0.29, 0.717) is 10.5 Å². The van der Waals surface area contributed by atoms with Crippen LogP contribution in [-0.4, -0.2) is 32.6 Å². The molecule has 0 unspecified atom stereocenters. The summed E-state index contributed by atoms with van der Waals surface area (Å²) in [5.41, 5.74) is 3.56. The Morgan fingerprint density at radius 3 is 2.61 bits per heavy atom. The van der Waals surface area contributed by atoms with Crippen LogP contribution in [0.2, 0.25) is 0 Å². The molecule has 0 spiro atoms.